The predicted molar refractivity (Wildman–Crippen MR) is 160 cm³/mol. The average Bonchev–Trinajstić information content (AvgIpc) is 3.34. The first-order chi connectivity index (χ1) is 17.8. The molecule has 0 aliphatic heterocycles. The van der Waals surface area contributed by atoms with Gasteiger partial charge in [-0.05, 0) is 78.9 Å². The van der Waals surface area contributed by atoms with Crippen molar-refractivity contribution in [2.45, 2.75) is 31.1 Å². The van der Waals surface area contributed by atoms with E-state index in [4.69, 9.17) is 39.0 Å². The van der Waals surface area contributed by atoms with Crippen molar-refractivity contribution >= 4 is 56.7 Å². The molecule has 0 saturated carbocycles. The highest BCUT2D eigenvalue weighted by Crippen LogP contribution is 2.25. The monoisotopic (exact) mass is 555 g/mol. The lowest BCUT2D eigenvalue weighted by molar-refractivity contribution is 0.0993. The Morgan fingerprint density at radius 1 is 0.789 bits per heavy atom. The van der Waals surface area contributed by atoms with Crippen LogP contribution in [0.15, 0.2) is 88.2 Å². The fraction of sp³-hybridized carbons (Fsp3) is 0.179. The number of nitrogen functional groups attached to an aromatic ring is 4. The molecule has 202 valence electrons. The van der Waals surface area contributed by atoms with Gasteiger partial charge in [0, 0.05) is 40.1 Å². The molecule has 10 heteroatoms. The fourth-order valence-electron chi connectivity index (χ4n) is 2.87. The Kier molecular flexibility index (Phi) is 10.8. The summed E-state index contributed by atoms with van der Waals surface area (Å²) in [6.45, 7) is 6.11. The van der Waals surface area contributed by atoms with E-state index in [1.807, 2.05) is 26.8 Å². The maximum atomic E-state index is 12.0. The van der Waals surface area contributed by atoms with Crippen LogP contribution in [0, 0.1) is 0 Å². The predicted octanol–water partition coefficient (Wildman–Crippen LogP) is 5.92. The molecule has 0 bridgehead atoms. The van der Waals surface area contributed by atoms with Gasteiger partial charge in [0.25, 0.3) is 5.91 Å². The standard InChI is InChI=1S/C15H18N2O2.C7H8ClNOS.C6H8N2/c1-15(2,3)13-9-8-12(19-13)14(18)17-11-6-4-10(16)5-7-11;1-11(10)7-3-2-5(9)4-6(7)8;7-5-1-2-6(8)4-3-5/h4-9H,16H2,1-3H3,(H,17,18);2-4H,9H2,1H3;1-4H,7-8H2. The van der Waals surface area contributed by atoms with Crippen molar-refractivity contribution in [1.82, 2.24) is 0 Å². The molecule has 4 rings (SSSR count). The summed E-state index contributed by atoms with van der Waals surface area (Å²) in [5.74, 6) is 0.831. The molecule has 1 atom stereocenters. The van der Waals surface area contributed by atoms with E-state index in [9.17, 15) is 9.00 Å². The molecule has 0 aliphatic carbocycles. The minimum atomic E-state index is -1.04. The van der Waals surface area contributed by atoms with Crippen molar-refractivity contribution in [3.05, 3.63) is 95.4 Å². The number of anilines is 5. The van der Waals surface area contributed by atoms with Gasteiger partial charge in [-0.15, -0.1) is 0 Å². The third-order valence-corrected chi connectivity index (χ3v) is 6.34. The zero-order valence-corrected chi connectivity index (χ0v) is 23.4. The van der Waals surface area contributed by atoms with Crippen molar-refractivity contribution in [2.24, 2.45) is 0 Å². The quantitative estimate of drug-likeness (QED) is 0.196. The molecule has 9 N–H and O–H groups in total. The summed E-state index contributed by atoms with van der Waals surface area (Å²) in [6, 6.07) is 22.5. The number of benzene rings is 3. The van der Waals surface area contributed by atoms with Gasteiger partial charge in [-0.1, -0.05) is 32.4 Å². The highest BCUT2D eigenvalue weighted by molar-refractivity contribution is 7.84. The first-order valence-corrected chi connectivity index (χ1v) is 13.5. The lowest BCUT2D eigenvalue weighted by Crippen LogP contribution is -2.12. The van der Waals surface area contributed by atoms with E-state index in [1.54, 1.807) is 79.1 Å². The number of halogens is 1. The van der Waals surface area contributed by atoms with E-state index in [-0.39, 0.29) is 11.3 Å². The fourth-order valence-corrected chi connectivity index (χ4v) is 3.98. The third kappa shape index (κ3) is 9.84. The van der Waals surface area contributed by atoms with E-state index in [2.05, 4.69) is 5.32 Å². The second kappa shape index (κ2) is 13.6. The number of carbonyl (C=O) groups is 1. The normalized spacial score (nSPS) is 11.3. The van der Waals surface area contributed by atoms with Crippen molar-refractivity contribution < 1.29 is 13.4 Å². The van der Waals surface area contributed by atoms with Gasteiger partial charge in [0.1, 0.15) is 5.76 Å². The Hall–Kier alpha value is -3.95. The second-order valence-corrected chi connectivity index (χ2v) is 11.1. The van der Waals surface area contributed by atoms with Crippen LogP contribution >= 0.6 is 11.6 Å². The SMILES string of the molecule is CC(C)(C)c1ccc(C(=O)Nc2ccc(N)cc2)o1.CS(=O)c1ccc(N)cc1Cl.Nc1ccc(N)cc1. The Labute approximate surface area is 230 Å². The van der Waals surface area contributed by atoms with Crippen LogP contribution in [0.25, 0.3) is 0 Å². The minimum absolute atomic E-state index is 0.111. The highest BCUT2D eigenvalue weighted by atomic mass is 35.5. The van der Waals surface area contributed by atoms with E-state index in [1.165, 1.54) is 0 Å². The van der Waals surface area contributed by atoms with Crippen LogP contribution < -0.4 is 28.3 Å². The Balaban J connectivity index is 0.000000224. The lowest BCUT2D eigenvalue weighted by atomic mass is 9.94. The summed E-state index contributed by atoms with van der Waals surface area (Å²) in [7, 11) is -1.04. The summed E-state index contributed by atoms with van der Waals surface area (Å²) in [5.41, 5.74) is 25.1. The molecule has 3 aromatic carbocycles. The maximum Gasteiger partial charge on any atom is 0.291 e. The molecule has 0 saturated heterocycles. The summed E-state index contributed by atoms with van der Waals surface area (Å²) in [6.07, 6.45) is 1.58. The molecule has 1 unspecified atom stereocenters. The summed E-state index contributed by atoms with van der Waals surface area (Å²) < 4.78 is 16.5. The van der Waals surface area contributed by atoms with Gasteiger partial charge in [-0.25, -0.2) is 0 Å². The van der Waals surface area contributed by atoms with E-state index in [0.29, 0.717) is 32.7 Å². The van der Waals surface area contributed by atoms with Gasteiger partial charge < -0.3 is 32.7 Å². The Morgan fingerprint density at radius 2 is 1.26 bits per heavy atom. The van der Waals surface area contributed by atoms with Crippen LogP contribution in [0.4, 0.5) is 28.4 Å². The number of amides is 1. The van der Waals surface area contributed by atoms with Gasteiger partial charge in [0.15, 0.2) is 5.76 Å². The summed E-state index contributed by atoms with van der Waals surface area (Å²) in [5, 5.41) is 3.23. The van der Waals surface area contributed by atoms with Gasteiger partial charge in [-0.2, -0.15) is 0 Å². The second-order valence-electron chi connectivity index (χ2n) is 9.30. The molecular formula is C28H34ClN5O3S. The molecule has 38 heavy (non-hydrogen) atoms. The van der Waals surface area contributed by atoms with Crippen molar-refractivity contribution in [2.75, 3.05) is 34.5 Å². The number of rotatable bonds is 3. The first kappa shape index (κ1) is 30.3. The van der Waals surface area contributed by atoms with Crippen LogP contribution in [0.1, 0.15) is 37.1 Å². The minimum Gasteiger partial charge on any atom is -0.455 e. The first-order valence-electron chi connectivity index (χ1n) is 11.5. The van der Waals surface area contributed by atoms with Gasteiger partial charge >= 0.3 is 0 Å². The number of carbonyl (C=O) groups excluding carboxylic acids is 1. The van der Waals surface area contributed by atoms with E-state index < -0.39 is 10.8 Å². The van der Waals surface area contributed by atoms with Crippen molar-refractivity contribution in [3.8, 4) is 0 Å². The molecule has 4 aromatic rings. The molecule has 1 heterocycles. The van der Waals surface area contributed by atoms with Crippen LogP contribution in [0.2, 0.25) is 5.02 Å². The smallest absolute Gasteiger partial charge is 0.291 e. The van der Waals surface area contributed by atoms with E-state index >= 15 is 0 Å². The van der Waals surface area contributed by atoms with Crippen LogP contribution in [-0.2, 0) is 16.2 Å². The van der Waals surface area contributed by atoms with Crippen LogP contribution in [-0.4, -0.2) is 16.4 Å². The zero-order chi connectivity index (χ0) is 28.5. The van der Waals surface area contributed by atoms with Gasteiger partial charge in [0.2, 0.25) is 0 Å². The van der Waals surface area contributed by atoms with Gasteiger partial charge in [-0.3, -0.25) is 9.00 Å². The molecule has 1 aromatic heterocycles. The Morgan fingerprint density at radius 3 is 1.68 bits per heavy atom. The van der Waals surface area contributed by atoms with Crippen molar-refractivity contribution in [1.29, 1.82) is 0 Å². The average molecular weight is 556 g/mol. The van der Waals surface area contributed by atoms with Crippen LogP contribution in [0.5, 0.6) is 0 Å². The number of nitrogens with one attached hydrogen (secondary N) is 1. The highest BCUT2D eigenvalue weighted by Gasteiger charge is 2.20. The molecule has 1 amide bonds. The third-order valence-electron chi connectivity index (χ3n) is 4.94. The number of nitrogens with two attached hydrogens (primary N) is 4. The molecule has 0 aliphatic rings. The lowest BCUT2D eigenvalue weighted by Gasteiger charge is -2.14. The molecular weight excluding hydrogens is 522 g/mol. The van der Waals surface area contributed by atoms with Gasteiger partial charge in [0.05, 0.1) is 20.7 Å². The Bertz CT molecular complexity index is 1340. The summed E-state index contributed by atoms with van der Waals surface area (Å²) in [4.78, 5) is 12.6. The maximum absolute atomic E-state index is 12.0. The molecule has 0 radical (unpaired) electrons. The zero-order valence-electron chi connectivity index (χ0n) is 21.8. The molecule has 0 fully saturated rings. The summed E-state index contributed by atoms with van der Waals surface area (Å²) >= 11 is 5.75. The molecule has 0 spiro atoms. The van der Waals surface area contributed by atoms with E-state index in [0.717, 1.165) is 17.1 Å². The number of hydrogen-bond donors (Lipinski definition) is 5. The van der Waals surface area contributed by atoms with Crippen molar-refractivity contribution in [3.63, 3.8) is 0 Å². The largest absolute Gasteiger partial charge is 0.455 e. The molecule has 8 nitrogen and oxygen atoms in total. The van der Waals surface area contributed by atoms with Crippen LogP contribution in [0.3, 0.4) is 0 Å². The topological polar surface area (TPSA) is 163 Å². The number of furan rings is 1. The number of hydrogen-bond acceptors (Lipinski definition) is 7.